The van der Waals surface area contributed by atoms with Crippen molar-refractivity contribution in [2.24, 2.45) is 0 Å². The molecular weight excluding hydrogens is 411 g/mol. The number of nitrogens with one attached hydrogen (secondary N) is 1. The molecule has 1 N–H and O–H groups in total. The molecule has 0 bridgehead atoms. The molecule has 164 valence electrons. The van der Waals surface area contributed by atoms with E-state index < -0.39 is 15.9 Å². The zero-order chi connectivity index (χ0) is 22.0. The zero-order valence-corrected chi connectivity index (χ0v) is 18.0. The standard InChI is InChI=1S/C21H27FN2O5S/c1-3-24(16-21(25)23-15-17-5-7-18(22)8-6-17)30(26,27)20-11-9-19(10-12-20)29-14-13-28-4-2/h5-12H,3-4,13-16H2,1-2H3,(H,23,25). The average molecular weight is 439 g/mol. The smallest absolute Gasteiger partial charge is 0.243 e. The number of amides is 1. The van der Waals surface area contributed by atoms with E-state index in [9.17, 15) is 17.6 Å². The molecule has 0 aliphatic heterocycles. The van der Waals surface area contributed by atoms with Gasteiger partial charge in [-0.05, 0) is 48.9 Å². The van der Waals surface area contributed by atoms with Gasteiger partial charge in [-0.25, -0.2) is 12.8 Å². The van der Waals surface area contributed by atoms with Crippen LogP contribution in [0.2, 0.25) is 0 Å². The SMILES string of the molecule is CCOCCOc1ccc(S(=O)(=O)N(CC)CC(=O)NCc2ccc(F)cc2)cc1. The highest BCUT2D eigenvalue weighted by Crippen LogP contribution is 2.19. The molecule has 2 aromatic rings. The maximum Gasteiger partial charge on any atom is 0.243 e. The second kappa shape index (κ2) is 11.6. The van der Waals surface area contributed by atoms with Crippen molar-refractivity contribution in [3.05, 3.63) is 59.9 Å². The van der Waals surface area contributed by atoms with Crippen molar-refractivity contribution in [1.82, 2.24) is 9.62 Å². The lowest BCUT2D eigenvalue weighted by molar-refractivity contribution is -0.121. The van der Waals surface area contributed by atoms with Gasteiger partial charge in [0, 0.05) is 19.7 Å². The summed E-state index contributed by atoms with van der Waals surface area (Å²) in [7, 11) is -3.84. The lowest BCUT2D eigenvalue weighted by Gasteiger charge is -2.20. The molecule has 0 atom stereocenters. The van der Waals surface area contributed by atoms with Crippen molar-refractivity contribution >= 4 is 15.9 Å². The molecule has 2 rings (SSSR count). The van der Waals surface area contributed by atoms with Crippen molar-refractivity contribution in [2.45, 2.75) is 25.3 Å². The fourth-order valence-electron chi connectivity index (χ4n) is 2.61. The van der Waals surface area contributed by atoms with Gasteiger partial charge in [0.25, 0.3) is 0 Å². The van der Waals surface area contributed by atoms with Gasteiger partial charge in [-0.1, -0.05) is 19.1 Å². The van der Waals surface area contributed by atoms with E-state index in [4.69, 9.17) is 9.47 Å². The van der Waals surface area contributed by atoms with E-state index >= 15 is 0 Å². The lowest BCUT2D eigenvalue weighted by atomic mass is 10.2. The van der Waals surface area contributed by atoms with Crippen LogP contribution in [-0.4, -0.2) is 51.5 Å². The van der Waals surface area contributed by atoms with Crippen molar-refractivity contribution < 1.29 is 27.1 Å². The van der Waals surface area contributed by atoms with E-state index in [0.29, 0.717) is 25.6 Å². The zero-order valence-electron chi connectivity index (χ0n) is 17.1. The number of carbonyl (C=O) groups excluding carboxylic acids is 1. The Bertz CT molecular complexity index is 902. The molecule has 0 saturated heterocycles. The Morgan fingerprint density at radius 1 is 1.03 bits per heavy atom. The fraction of sp³-hybridized carbons (Fsp3) is 0.381. The molecule has 0 fully saturated rings. The minimum absolute atomic E-state index is 0.0767. The molecular formula is C21H27FN2O5S. The molecule has 30 heavy (non-hydrogen) atoms. The first-order chi connectivity index (χ1) is 14.4. The topological polar surface area (TPSA) is 84.9 Å². The second-order valence-corrected chi connectivity index (χ2v) is 8.29. The molecule has 7 nitrogen and oxygen atoms in total. The summed E-state index contributed by atoms with van der Waals surface area (Å²) >= 11 is 0. The highest BCUT2D eigenvalue weighted by atomic mass is 32.2. The monoisotopic (exact) mass is 438 g/mol. The average Bonchev–Trinajstić information content (AvgIpc) is 2.75. The number of rotatable bonds is 12. The Kier molecular flexibility index (Phi) is 9.22. The van der Waals surface area contributed by atoms with E-state index in [1.165, 1.54) is 24.3 Å². The number of sulfonamides is 1. The fourth-order valence-corrected chi connectivity index (χ4v) is 4.01. The second-order valence-electron chi connectivity index (χ2n) is 6.35. The van der Waals surface area contributed by atoms with Crippen LogP contribution in [0.25, 0.3) is 0 Å². The maximum absolute atomic E-state index is 12.9. The van der Waals surface area contributed by atoms with Gasteiger partial charge in [0.1, 0.15) is 18.2 Å². The Labute approximate surface area is 176 Å². The molecule has 0 radical (unpaired) electrons. The molecule has 9 heteroatoms. The summed E-state index contributed by atoms with van der Waals surface area (Å²) < 4.78 is 50.4. The molecule has 0 unspecified atom stereocenters. The Hall–Kier alpha value is -2.49. The van der Waals surface area contributed by atoms with Gasteiger partial charge in [-0.15, -0.1) is 0 Å². The number of likely N-dealkylation sites (N-methyl/N-ethyl adjacent to an activating group) is 1. The molecule has 1 amide bonds. The molecule has 0 saturated carbocycles. The molecule has 2 aromatic carbocycles. The number of hydrogen-bond donors (Lipinski definition) is 1. The van der Waals surface area contributed by atoms with Crippen molar-refractivity contribution in [3.63, 3.8) is 0 Å². The summed E-state index contributed by atoms with van der Waals surface area (Å²) in [6, 6.07) is 11.8. The van der Waals surface area contributed by atoms with Gasteiger partial charge >= 0.3 is 0 Å². The quantitative estimate of drug-likeness (QED) is 0.515. The van der Waals surface area contributed by atoms with Crippen LogP contribution in [0.15, 0.2) is 53.4 Å². The van der Waals surface area contributed by atoms with E-state index in [-0.39, 0.29) is 30.3 Å². The largest absolute Gasteiger partial charge is 0.491 e. The van der Waals surface area contributed by atoms with E-state index in [1.807, 2.05) is 6.92 Å². The van der Waals surface area contributed by atoms with Gasteiger partial charge in [-0.2, -0.15) is 4.31 Å². The summed E-state index contributed by atoms with van der Waals surface area (Å²) in [5, 5.41) is 2.65. The first-order valence-corrected chi connectivity index (χ1v) is 11.1. The predicted octanol–water partition coefficient (Wildman–Crippen LogP) is 2.57. The van der Waals surface area contributed by atoms with Crippen molar-refractivity contribution in [1.29, 1.82) is 0 Å². The summed E-state index contributed by atoms with van der Waals surface area (Å²) in [5.41, 5.74) is 0.718. The third kappa shape index (κ3) is 7.08. The molecule has 0 aliphatic rings. The van der Waals surface area contributed by atoms with Crippen LogP contribution in [-0.2, 0) is 26.1 Å². The summed E-state index contributed by atoms with van der Waals surface area (Å²) in [4.78, 5) is 12.3. The van der Waals surface area contributed by atoms with Crippen molar-refractivity contribution in [2.75, 3.05) is 32.9 Å². The number of carbonyl (C=O) groups is 1. The van der Waals surface area contributed by atoms with Crippen LogP contribution >= 0.6 is 0 Å². The minimum Gasteiger partial charge on any atom is -0.491 e. The third-order valence-corrected chi connectivity index (χ3v) is 6.17. The van der Waals surface area contributed by atoms with Gasteiger partial charge in [0.05, 0.1) is 18.0 Å². The van der Waals surface area contributed by atoms with E-state index in [1.54, 1.807) is 31.2 Å². The normalized spacial score (nSPS) is 11.5. The van der Waals surface area contributed by atoms with Gasteiger partial charge in [0.15, 0.2) is 0 Å². The van der Waals surface area contributed by atoms with Crippen LogP contribution in [0.3, 0.4) is 0 Å². The molecule has 0 heterocycles. The number of halogens is 1. The summed E-state index contributed by atoms with van der Waals surface area (Å²) in [6.45, 7) is 4.99. The minimum atomic E-state index is -3.84. The Morgan fingerprint density at radius 2 is 1.70 bits per heavy atom. The molecule has 0 aliphatic carbocycles. The number of nitrogens with zero attached hydrogens (tertiary/aromatic N) is 1. The van der Waals surface area contributed by atoms with E-state index in [2.05, 4.69) is 5.32 Å². The maximum atomic E-state index is 12.9. The Balaban J connectivity index is 1.94. The Morgan fingerprint density at radius 3 is 2.30 bits per heavy atom. The molecule has 0 spiro atoms. The predicted molar refractivity (Wildman–Crippen MR) is 111 cm³/mol. The number of hydrogen-bond acceptors (Lipinski definition) is 5. The lowest BCUT2D eigenvalue weighted by Crippen LogP contribution is -2.40. The third-order valence-electron chi connectivity index (χ3n) is 4.24. The van der Waals surface area contributed by atoms with Crippen molar-refractivity contribution in [3.8, 4) is 5.75 Å². The van der Waals surface area contributed by atoms with Crippen LogP contribution < -0.4 is 10.1 Å². The van der Waals surface area contributed by atoms with Gasteiger partial charge < -0.3 is 14.8 Å². The summed E-state index contributed by atoms with van der Waals surface area (Å²) in [5.74, 6) is -0.270. The van der Waals surface area contributed by atoms with Crippen LogP contribution in [0.1, 0.15) is 19.4 Å². The van der Waals surface area contributed by atoms with Crippen LogP contribution in [0, 0.1) is 5.82 Å². The van der Waals surface area contributed by atoms with E-state index in [0.717, 1.165) is 9.87 Å². The number of benzene rings is 2. The first-order valence-electron chi connectivity index (χ1n) is 9.68. The summed E-state index contributed by atoms with van der Waals surface area (Å²) in [6.07, 6.45) is 0. The van der Waals surface area contributed by atoms with Gasteiger partial charge in [-0.3, -0.25) is 4.79 Å². The highest BCUT2D eigenvalue weighted by molar-refractivity contribution is 7.89. The van der Waals surface area contributed by atoms with Gasteiger partial charge in [0.2, 0.25) is 15.9 Å². The number of ether oxygens (including phenoxy) is 2. The molecule has 0 aromatic heterocycles. The van der Waals surface area contributed by atoms with Crippen LogP contribution in [0.4, 0.5) is 4.39 Å². The first kappa shape index (κ1) is 23.8. The highest BCUT2D eigenvalue weighted by Gasteiger charge is 2.25. The van der Waals surface area contributed by atoms with Crippen LogP contribution in [0.5, 0.6) is 5.75 Å².